The molecule has 0 unspecified atom stereocenters. The fourth-order valence-corrected chi connectivity index (χ4v) is 1.77. The van der Waals surface area contributed by atoms with Crippen molar-refractivity contribution in [1.29, 1.82) is 0 Å². The van der Waals surface area contributed by atoms with E-state index in [1.54, 1.807) is 13.0 Å². The predicted molar refractivity (Wildman–Crippen MR) is 70.5 cm³/mol. The Labute approximate surface area is 119 Å². The maximum Gasteiger partial charge on any atom is 0.306 e. The lowest BCUT2D eigenvalue weighted by atomic mass is 10.2. The molecule has 0 heterocycles. The van der Waals surface area contributed by atoms with E-state index in [9.17, 15) is 14.0 Å². The molecular weight excluding hydrogens is 319 g/mol. The number of halogens is 2. The first-order chi connectivity index (χ1) is 9.01. The van der Waals surface area contributed by atoms with Crippen molar-refractivity contribution in [2.24, 2.45) is 0 Å². The second kappa shape index (κ2) is 7.89. The van der Waals surface area contributed by atoms with Gasteiger partial charge in [-0.25, -0.2) is 4.39 Å². The monoisotopic (exact) mass is 332 g/mol. The zero-order valence-corrected chi connectivity index (χ0v) is 12.0. The summed E-state index contributed by atoms with van der Waals surface area (Å²) in [5.74, 6) is -0.850. The van der Waals surface area contributed by atoms with Crippen LogP contribution in [-0.4, -0.2) is 25.0 Å². The van der Waals surface area contributed by atoms with Crippen molar-refractivity contribution in [2.45, 2.75) is 19.8 Å². The first kappa shape index (κ1) is 15.6. The number of Topliss-reactive ketones (excluding diaryl/α,β-unsaturated/α-hetero) is 1. The smallest absolute Gasteiger partial charge is 0.306 e. The number of hydrogen-bond acceptors (Lipinski definition) is 4. The van der Waals surface area contributed by atoms with E-state index in [-0.39, 0.29) is 31.0 Å². The summed E-state index contributed by atoms with van der Waals surface area (Å²) in [5, 5.41) is 0. The molecule has 4 nitrogen and oxygen atoms in total. The lowest BCUT2D eigenvalue weighted by Gasteiger charge is -2.06. The highest BCUT2D eigenvalue weighted by Gasteiger charge is 2.09. The van der Waals surface area contributed by atoms with Crippen molar-refractivity contribution in [1.82, 2.24) is 0 Å². The first-order valence-electron chi connectivity index (χ1n) is 5.77. The van der Waals surface area contributed by atoms with Gasteiger partial charge in [0.15, 0.2) is 5.78 Å². The minimum atomic E-state index is -0.455. The standard InChI is InChI=1S/C13H14BrFO4/c1-2-18-13(17)4-3-11(16)8-19-12-6-9(14)5-10(15)7-12/h5-7H,2-4,8H2,1H3. The first-order valence-corrected chi connectivity index (χ1v) is 6.56. The zero-order valence-electron chi connectivity index (χ0n) is 10.4. The summed E-state index contributed by atoms with van der Waals surface area (Å²) in [4.78, 5) is 22.5. The molecule has 0 radical (unpaired) electrons. The number of carbonyl (C=O) groups is 2. The topological polar surface area (TPSA) is 52.6 Å². The maximum atomic E-state index is 13.0. The van der Waals surface area contributed by atoms with Crippen LogP contribution in [0.4, 0.5) is 4.39 Å². The number of rotatable bonds is 7. The Kier molecular flexibility index (Phi) is 6.49. The molecule has 19 heavy (non-hydrogen) atoms. The van der Waals surface area contributed by atoms with Gasteiger partial charge in [-0.1, -0.05) is 15.9 Å². The van der Waals surface area contributed by atoms with Crippen molar-refractivity contribution in [3.05, 3.63) is 28.5 Å². The van der Waals surface area contributed by atoms with E-state index < -0.39 is 11.8 Å². The van der Waals surface area contributed by atoms with Gasteiger partial charge in [0.1, 0.15) is 18.2 Å². The summed E-state index contributed by atoms with van der Waals surface area (Å²) in [7, 11) is 0. The molecule has 0 aliphatic heterocycles. The highest BCUT2D eigenvalue weighted by Crippen LogP contribution is 2.20. The van der Waals surface area contributed by atoms with Crippen LogP contribution in [0, 0.1) is 5.82 Å². The Morgan fingerprint density at radius 2 is 2.00 bits per heavy atom. The van der Waals surface area contributed by atoms with Gasteiger partial charge in [0, 0.05) is 17.0 Å². The quantitative estimate of drug-likeness (QED) is 0.720. The molecule has 0 fully saturated rings. The third kappa shape index (κ3) is 6.33. The molecule has 1 rings (SSSR count). The van der Waals surface area contributed by atoms with Crippen LogP contribution in [0.1, 0.15) is 19.8 Å². The minimum Gasteiger partial charge on any atom is -0.486 e. The van der Waals surface area contributed by atoms with Gasteiger partial charge >= 0.3 is 5.97 Å². The molecule has 0 atom stereocenters. The third-order valence-corrected chi connectivity index (χ3v) is 2.61. The largest absolute Gasteiger partial charge is 0.486 e. The van der Waals surface area contributed by atoms with Gasteiger partial charge in [0.25, 0.3) is 0 Å². The van der Waals surface area contributed by atoms with Crippen LogP contribution in [-0.2, 0) is 14.3 Å². The summed E-state index contributed by atoms with van der Waals surface area (Å²) in [6, 6.07) is 4.03. The maximum absolute atomic E-state index is 13.0. The van der Waals surface area contributed by atoms with E-state index in [1.165, 1.54) is 12.1 Å². The highest BCUT2D eigenvalue weighted by molar-refractivity contribution is 9.10. The van der Waals surface area contributed by atoms with Crippen LogP contribution >= 0.6 is 15.9 Å². The van der Waals surface area contributed by atoms with Crippen LogP contribution < -0.4 is 4.74 Å². The molecule has 1 aromatic carbocycles. The molecule has 0 aliphatic rings. The van der Waals surface area contributed by atoms with Gasteiger partial charge in [-0.3, -0.25) is 9.59 Å². The van der Waals surface area contributed by atoms with Gasteiger partial charge in [0.2, 0.25) is 0 Å². The second-order valence-corrected chi connectivity index (χ2v) is 4.65. The Morgan fingerprint density at radius 3 is 2.63 bits per heavy atom. The molecule has 0 spiro atoms. The minimum absolute atomic E-state index is 0.0306. The molecule has 1 aromatic rings. The second-order valence-electron chi connectivity index (χ2n) is 3.74. The highest BCUT2D eigenvalue weighted by atomic mass is 79.9. The molecular formula is C13H14BrFO4. The van der Waals surface area contributed by atoms with E-state index in [0.29, 0.717) is 11.1 Å². The Balaban J connectivity index is 2.35. The fourth-order valence-electron chi connectivity index (χ4n) is 1.32. The van der Waals surface area contributed by atoms with Crippen LogP contribution in [0.5, 0.6) is 5.75 Å². The predicted octanol–water partition coefficient (Wildman–Crippen LogP) is 2.88. The van der Waals surface area contributed by atoms with Crippen molar-refractivity contribution < 1.29 is 23.5 Å². The van der Waals surface area contributed by atoms with Crippen molar-refractivity contribution in [3.63, 3.8) is 0 Å². The van der Waals surface area contributed by atoms with Crippen molar-refractivity contribution >= 4 is 27.7 Å². The summed E-state index contributed by atoms with van der Waals surface area (Å²) in [6.45, 7) is 1.79. The Morgan fingerprint density at radius 1 is 1.26 bits per heavy atom. The lowest BCUT2D eigenvalue weighted by molar-refractivity contribution is -0.144. The number of ketones is 1. The van der Waals surface area contributed by atoms with Crippen molar-refractivity contribution in [3.8, 4) is 5.75 Å². The molecule has 6 heteroatoms. The summed E-state index contributed by atoms with van der Waals surface area (Å²) < 4.78 is 23.4. The SMILES string of the molecule is CCOC(=O)CCC(=O)COc1cc(F)cc(Br)c1. The molecule has 0 aliphatic carbocycles. The van der Waals surface area contributed by atoms with Crippen LogP contribution in [0.15, 0.2) is 22.7 Å². The Bertz CT molecular complexity index is 442. The van der Waals surface area contributed by atoms with E-state index >= 15 is 0 Å². The van der Waals surface area contributed by atoms with E-state index in [2.05, 4.69) is 15.9 Å². The van der Waals surface area contributed by atoms with Gasteiger partial charge in [-0.15, -0.1) is 0 Å². The van der Waals surface area contributed by atoms with Crippen LogP contribution in [0.2, 0.25) is 0 Å². The number of benzene rings is 1. The molecule has 0 aromatic heterocycles. The number of carbonyl (C=O) groups excluding carboxylic acids is 2. The van der Waals surface area contributed by atoms with Gasteiger partial charge in [-0.2, -0.15) is 0 Å². The molecule has 0 N–H and O–H groups in total. The molecule has 0 bridgehead atoms. The summed E-state index contributed by atoms with van der Waals surface area (Å²) in [5.41, 5.74) is 0. The molecule has 104 valence electrons. The number of esters is 1. The molecule has 0 amide bonds. The van der Waals surface area contributed by atoms with Crippen molar-refractivity contribution in [2.75, 3.05) is 13.2 Å². The summed E-state index contributed by atoms with van der Waals surface area (Å²) >= 11 is 3.12. The normalized spacial score (nSPS) is 10.1. The van der Waals surface area contributed by atoms with E-state index in [4.69, 9.17) is 9.47 Å². The molecule has 0 saturated heterocycles. The molecule has 0 saturated carbocycles. The Hall–Kier alpha value is -1.43. The third-order valence-electron chi connectivity index (χ3n) is 2.15. The number of ether oxygens (including phenoxy) is 2. The average molecular weight is 333 g/mol. The fraction of sp³-hybridized carbons (Fsp3) is 0.385. The van der Waals surface area contributed by atoms with Gasteiger partial charge < -0.3 is 9.47 Å². The zero-order chi connectivity index (χ0) is 14.3. The van der Waals surface area contributed by atoms with Gasteiger partial charge in [-0.05, 0) is 19.1 Å². The van der Waals surface area contributed by atoms with E-state index in [0.717, 1.165) is 0 Å². The summed E-state index contributed by atoms with van der Waals surface area (Å²) in [6.07, 6.45) is 0.0815. The lowest BCUT2D eigenvalue weighted by Crippen LogP contribution is -2.14. The van der Waals surface area contributed by atoms with Crippen LogP contribution in [0.25, 0.3) is 0 Å². The average Bonchev–Trinajstić information content (AvgIpc) is 2.33. The van der Waals surface area contributed by atoms with Crippen LogP contribution in [0.3, 0.4) is 0 Å². The van der Waals surface area contributed by atoms with Gasteiger partial charge in [0.05, 0.1) is 13.0 Å². The number of hydrogen-bond donors (Lipinski definition) is 0. The van der Waals surface area contributed by atoms with E-state index in [1.807, 2.05) is 0 Å².